The van der Waals surface area contributed by atoms with Gasteiger partial charge in [0.05, 0.1) is 4.90 Å². The molecule has 0 aliphatic carbocycles. The van der Waals surface area contributed by atoms with Crippen molar-refractivity contribution in [2.45, 2.75) is 4.90 Å². The maximum Gasteiger partial charge on any atom is 0.284 e. The third-order valence-electron chi connectivity index (χ3n) is 2.30. The topological polar surface area (TPSA) is 88.2 Å². The van der Waals surface area contributed by atoms with E-state index >= 15 is 0 Å². The van der Waals surface area contributed by atoms with Crippen molar-refractivity contribution in [2.24, 2.45) is 0 Å². The van der Waals surface area contributed by atoms with E-state index in [0.717, 1.165) is 0 Å². The molecular formula is C12H10ClN3O3S. The number of hydrogen-bond donors (Lipinski definition) is 2. The fraction of sp³-hybridized carbons (Fsp3) is 0. The molecule has 0 fully saturated rings. The Labute approximate surface area is 120 Å². The lowest BCUT2D eigenvalue weighted by Gasteiger charge is -2.08. The number of amides is 1. The average molecular weight is 312 g/mol. The Hall–Kier alpha value is -1.96. The van der Waals surface area contributed by atoms with Crippen molar-refractivity contribution >= 4 is 27.5 Å². The summed E-state index contributed by atoms with van der Waals surface area (Å²) in [5.74, 6) is -0.656. The van der Waals surface area contributed by atoms with Gasteiger partial charge in [0.15, 0.2) is 0 Å². The predicted molar refractivity (Wildman–Crippen MR) is 73.5 cm³/mol. The monoisotopic (exact) mass is 311 g/mol. The van der Waals surface area contributed by atoms with Gasteiger partial charge in [0.1, 0.15) is 5.69 Å². The van der Waals surface area contributed by atoms with Gasteiger partial charge in [-0.15, -0.1) is 4.83 Å². The van der Waals surface area contributed by atoms with Crippen molar-refractivity contribution in [3.8, 4) is 0 Å². The summed E-state index contributed by atoms with van der Waals surface area (Å²) in [5, 5.41) is 0.281. The van der Waals surface area contributed by atoms with Crippen molar-refractivity contribution in [1.29, 1.82) is 0 Å². The van der Waals surface area contributed by atoms with Gasteiger partial charge in [-0.2, -0.15) is 0 Å². The molecule has 8 heteroatoms. The van der Waals surface area contributed by atoms with Crippen LogP contribution in [-0.2, 0) is 10.0 Å². The molecule has 2 aromatic rings. The molecule has 0 aliphatic rings. The molecule has 6 nitrogen and oxygen atoms in total. The van der Waals surface area contributed by atoms with Gasteiger partial charge in [-0.1, -0.05) is 23.7 Å². The second kappa shape index (κ2) is 6.00. The van der Waals surface area contributed by atoms with Crippen LogP contribution < -0.4 is 10.3 Å². The normalized spacial score (nSPS) is 11.1. The Kier molecular flexibility index (Phi) is 4.33. The number of rotatable bonds is 4. The van der Waals surface area contributed by atoms with Gasteiger partial charge in [0.2, 0.25) is 0 Å². The van der Waals surface area contributed by atoms with Gasteiger partial charge >= 0.3 is 0 Å². The summed E-state index contributed by atoms with van der Waals surface area (Å²) in [6.07, 6.45) is 1.43. The quantitative estimate of drug-likeness (QED) is 0.834. The fourth-order valence-electron chi connectivity index (χ4n) is 1.37. The number of pyridine rings is 1. The first-order chi connectivity index (χ1) is 9.49. The highest BCUT2D eigenvalue weighted by atomic mass is 35.5. The smallest absolute Gasteiger partial charge is 0.272 e. The molecule has 2 N–H and O–H groups in total. The summed E-state index contributed by atoms with van der Waals surface area (Å²) in [6.45, 7) is 0. The minimum atomic E-state index is -3.88. The zero-order valence-corrected chi connectivity index (χ0v) is 11.6. The molecule has 0 radical (unpaired) electrons. The van der Waals surface area contributed by atoms with Crippen molar-refractivity contribution in [1.82, 2.24) is 15.2 Å². The number of aromatic nitrogens is 1. The molecule has 0 bridgehead atoms. The highest BCUT2D eigenvalue weighted by Gasteiger charge is 2.16. The number of carbonyl (C=O) groups excluding carboxylic acids is 1. The summed E-state index contributed by atoms with van der Waals surface area (Å²) in [5.41, 5.74) is 2.17. The van der Waals surface area contributed by atoms with Crippen LogP contribution >= 0.6 is 11.6 Å². The lowest BCUT2D eigenvalue weighted by atomic mass is 10.3. The number of benzene rings is 1. The molecule has 0 unspecified atom stereocenters. The number of nitrogens with one attached hydrogen (secondary N) is 2. The number of sulfonamides is 1. The molecule has 20 heavy (non-hydrogen) atoms. The van der Waals surface area contributed by atoms with Crippen LogP contribution in [0.1, 0.15) is 10.5 Å². The first-order valence-electron chi connectivity index (χ1n) is 5.48. The van der Waals surface area contributed by atoms with Crippen LogP contribution in [0.3, 0.4) is 0 Å². The van der Waals surface area contributed by atoms with E-state index in [1.165, 1.54) is 30.5 Å². The van der Waals surface area contributed by atoms with E-state index in [0.29, 0.717) is 0 Å². The van der Waals surface area contributed by atoms with Crippen LogP contribution in [0.25, 0.3) is 0 Å². The fourth-order valence-corrected chi connectivity index (χ4v) is 2.51. The molecule has 0 saturated carbocycles. The molecule has 1 aromatic carbocycles. The molecule has 104 valence electrons. The summed E-state index contributed by atoms with van der Waals surface area (Å²) < 4.78 is 23.8. The minimum Gasteiger partial charge on any atom is -0.272 e. The van der Waals surface area contributed by atoms with E-state index in [9.17, 15) is 13.2 Å². The third-order valence-corrected chi connectivity index (χ3v) is 3.78. The Bertz CT molecular complexity index is 720. The van der Waals surface area contributed by atoms with E-state index in [1.54, 1.807) is 18.2 Å². The maximum atomic E-state index is 11.9. The number of hydrogen-bond acceptors (Lipinski definition) is 4. The number of nitrogens with zero attached hydrogens (tertiary/aromatic N) is 1. The average Bonchev–Trinajstić information content (AvgIpc) is 2.46. The number of hydrazine groups is 1. The first-order valence-corrected chi connectivity index (χ1v) is 7.34. The number of halogens is 1. The molecule has 0 saturated heterocycles. The van der Waals surface area contributed by atoms with E-state index in [-0.39, 0.29) is 15.6 Å². The van der Waals surface area contributed by atoms with Crippen LogP contribution in [-0.4, -0.2) is 19.3 Å². The van der Waals surface area contributed by atoms with Gasteiger partial charge in [-0.3, -0.25) is 15.2 Å². The van der Waals surface area contributed by atoms with Crippen LogP contribution in [0.5, 0.6) is 0 Å². The largest absolute Gasteiger partial charge is 0.284 e. The van der Waals surface area contributed by atoms with Gasteiger partial charge in [0.25, 0.3) is 15.9 Å². The highest BCUT2D eigenvalue weighted by molar-refractivity contribution is 7.89. The zero-order chi connectivity index (χ0) is 14.6. The van der Waals surface area contributed by atoms with Gasteiger partial charge in [-0.05, 0) is 30.3 Å². The van der Waals surface area contributed by atoms with E-state index in [2.05, 4.69) is 10.4 Å². The lowest BCUT2D eigenvalue weighted by Crippen LogP contribution is -2.41. The van der Waals surface area contributed by atoms with Crippen molar-refractivity contribution in [2.75, 3.05) is 0 Å². The predicted octanol–water partition coefficient (Wildman–Crippen LogP) is 1.36. The molecule has 1 heterocycles. The van der Waals surface area contributed by atoms with Crippen molar-refractivity contribution < 1.29 is 13.2 Å². The van der Waals surface area contributed by atoms with E-state index in [1.807, 2.05) is 4.83 Å². The van der Waals surface area contributed by atoms with Gasteiger partial charge < -0.3 is 0 Å². The summed E-state index contributed by atoms with van der Waals surface area (Å²) in [7, 11) is -3.88. The molecule has 1 aromatic heterocycles. The summed E-state index contributed by atoms with van der Waals surface area (Å²) >= 11 is 5.72. The molecule has 1 amide bonds. The molecule has 0 spiro atoms. The first kappa shape index (κ1) is 14.4. The lowest BCUT2D eigenvalue weighted by molar-refractivity contribution is 0.0940. The van der Waals surface area contributed by atoms with Crippen LogP contribution in [0.2, 0.25) is 5.02 Å². The second-order valence-electron chi connectivity index (χ2n) is 3.73. The summed E-state index contributed by atoms with van der Waals surface area (Å²) in [4.78, 5) is 17.4. The number of carbonyl (C=O) groups is 1. The standard InChI is InChI=1S/C12H10ClN3O3S/c13-9-4-3-5-10(8-9)20(18,19)16-15-12(17)11-6-1-2-7-14-11/h1-8,16H,(H,15,17). The molecule has 2 rings (SSSR count). The van der Waals surface area contributed by atoms with Gasteiger partial charge in [0, 0.05) is 11.2 Å². The Morgan fingerprint density at radius 3 is 2.60 bits per heavy atom. The SMILES string of the molecule is O=C(NNS(=O)(=O)c1cccc(Cl)c1)c1ccccn1. The maximum absolute atomic E-state index is 11.9. The summed E-state index contributed by atoms with van der Waals surface area (Å²) in [6, 6.07) is 10.4. The van der Waals surface area contributed by atoms with E-state index in [4.69, 9.17) is 11.6 Å². The van der Waals surface area contributed by atoms with Crippen LogP contribution in [0.4, 0.5) is 0 Å². The zero-order valence-electron chi connectivity index (χ0n) is 10.1. The minimum absolute atomic E-state index is 0.0497. The van der Waals surface area contributed by atoms with E-state index < -0.39 is 15.9 Å². The molecule has 0 aliphatic heterocycles. The third kappa shape index (κ3) is 3.53. The Morgan fingerprint density at radius 2 is 1.95 bits per heavy atom. The van der Waals surface area contributed by atoms with Crippen molar-refractivity contribution in [3.63, 3.8) is 0 Å². The molecule has 0 atom stereocenters. The highest BCUT2D eigenvalue weighted by Crippen LogP contribution is 2.14. The van der Waals surface area contributed by atoms with Crippen LogP contribution in [0, 0.1) is 0 Å². The second-order valence-corrected chi connectivity index (χ2v) is 5.85. The van der Waals surface area contributed by atoms with Crippen molar-refractivity contribution in [3.05, 3.63) is 59.4 Å². The Balaban J connectivity index is 2.09. The molecular weight excluding hydrogens is 302 g/mol. The van der Waals surface area contributed by atoms with Crippen LogP contribution in [0.15, 0.2) is 53.6 Å². The Morgan fingerprint density at radius 1 is 1.15 bits per heavy atom. The van der Waals surface area contributed by atoms with Gasteiger partial charge in [-0.25, -0.2) is 8.42 Å².